The zero-order chi connectivity index (χ0) is 8.69. The average molecular weight is 214 g/mol. The predicted octanol–water partition coefficient (Wildman–Crippen LogP) is 2.47. The minimum atomic E-state index is -0.309. The molecule has 0 saturated carbocycles. The molecule has 2 atom stereocenters. The molecule has 0 aliphatic carbocycles. The first-order valence-corrected chi connectivity index (χ1v) is 7.16. The molecule has 0 heterocycles. The van der Waals surface area contributed by atoms with Crippen LogP contribution < -0.4 is 0 Å². The Labute approximate surface area is 79.3 Å². The van der Waals surface area contributed by atoms with E-state index < -0.39 is 0 Å². The molecule has 2 unspecified atom stereocenters. The molecule has 0 amide bonds. The number of hydrogen-bond acceptors (Lipinski definition) is 5. The largest absolute Gasteiger partial charge is 0.382 e. The fraction of sp³-hybridized carbons (Fsp3) is 1.00. The van der Waals surface area contributed by atoms with Crippen molar-refractivity contribution in [2.75, 3.05) is 0 Å². The fourth-order valence-electron chi connectivity index (χ4n) is 0.249. The maximum atomic E-state index is 9.09. The number of aliphatic hydroxyl groups excluding tert-OH is 2. The lowest BCUT2D eigenvalue weighted by molar-refractivity contribution is 0.261. The summed E-state index contributed by atoms with van der Waals surface area (Å²) in [5.41, 5.74) is -0.617. The highest BCUT2D eigenvalue weighted by atomic mass is 33.5. The molecule has 0 aromatic rings. The summed E-state index contributed by atoms with van der Waals surface area (Å²) in [5, 5.41) is 18.2. The van der Waals surface area contributed by atoms with Gasteiger partial charge in [-0.3, -0.25) is 0 Å². The summed E-state index contributed by atoms with van der Waals surface area (Å²) in [5.74, 6) is 0. The summed E-state index contributed by atoms with van der Waals surface area (Å²) in [7, 11) is 4.24. The normalized spacial score (nSPS) is 16.4. The van der Waals surface area contributed by atoms with Crippen LogP contribution in [0, 0.1) is 0 Å². The lowest BCUT2D eigenvalue weighted by atomic mass is 10.5. The third-order valence-electron chi connectivity index (χ3n) is 0.999. The SMILES string of the molecule is CCC(O)SSSC(O)CC. The van der Waals surface area contributed by atoms with Crippen LogP contribution in [0.25, 0.3) is 0 Å². The molecule has 2 nitrogen and oxygen atoms in total. The Kier molecular flexibility index (Phi) is 8.28. The molecule has 0 saturated heterocycles. The van der Waals surface area contributed by atoms with E-state index in [-0.39, 0.29) is 10.9 Å². The molecule has 0 spiro atoms. The van der Waals surface area contributed by atoms with Gasteiger partial charge in [-0.25, -0.2) is 0 Å². The number of aliphatic hydroxyl groups is 2. The lowest BCUT2D eigenvalue weighted by Crippen LogP contribution is -1.96. The molecule has 0 aliphatic rings. The van der Waals surface area contributed by atoms with E-state index in [1.165, 1.54) is 31.4 Å². The van der Waals surface area contributed by atoms with Crippen molar-refractivity contribution in [2.45, 2.75) is 37.6 Å². The van der Waals surface area contributed by atoms with E-state index in [1.807, 2.05) is 13.8 Å². The molecule has 68 valence electrons. The molecule has 11 heavy (non-hydrogen) atoms. The summed E-state index contributed by atoms with van der Waals surface area (Å²) in [4.78, 5) is 0. The molecule has 0 radical (unpaired) electrons. The van der Waals surface area contributed by atoms with Crippen molar-refractivity contribution in [3.63, 3.8) is 0 Å². The zero-order valence-corrected chi connectivity index (χ0v) is 9.14. The highest BCUT2D eigenvalue weighted by Crippen LogP contribution is 2.40. The molecular formula is C6H14O2S3. The van der Waals surface area contributed by atoms with Gasteiger partial charge in [-0.2, -0.15) is 0 Å². The first-order chi connectivity index (χ1) is 5.20. The first-order valence-electron chi connectivity index (χ1n) is 3.55. The van der Waals surface area contributed by atoms with Crippen LogP contribution in [-0.2, 0) is 0 Å². The third-order valence-corrected chi connectivity index (χ3v) is 5.49. The predicted molar refractivity (Wildman–Crippen MR) is 55.4 cm³/mol. The molecular weight excluding hydrogens is 200 g/mol. The Bertz CT molecular complexity index is 81.9. The van der Waals surface area contributed by atoms with Crippen LogP contribution in [0.2, 0.25) is 0 Å². The van der Waals surface area contributed by atoms with Crippen molar-refractivity contribution in [2.24, 2.45) is 0 Å². The van der Waals surface area contributed by atoms with Crippen LogP contribution in [0.1, 0.15) is 26.7 Å². The van der Waals surface area contributed by atoms with Crippen LogP contribution in [0.15, 0.2) is 0 Å². The van der Waals surface area contributed by atoms with Gasteiger partial charge in [-0.1, -0.05) is 35.4 Å². The van der Waals surface area contributed by atoms with Gasteiger partial charge in [0.05, 0.1) is 0 Å². The van der Waals surface area contributed by atoms with Gasteiger partial charge in [-0.15, -0.1) is 0 Å². The second kappa shape index (κ2) is 7.61. The van der Waals surface area contributed by atoms with Crippen molar-refractivity contribution in [3.05, 3.63) is 0 Å². The molecule has 0 fully saturated rings. The van der Waals surface area contributed by atoms with E-state index in [1.54, 1.807) is 0 Å². The zero-order valence-electron chi connectivity index (χ0n) is 6.69. The Morgan fingerprint density at radius 1 is 1.00 bits per heavy atom. The van der Waals surface area contributed by atoms with Gasteiger partial charge in [0.2, 0.25) is 0 Å². The van der Waals surface area contributed by atoms with Crippen molar-refractivity contribution >= 4 is 31.4 Å². The Balaban J connectivity index is 3.13. The monoisotopic (exact) mass is 214 g/mol. The summed E-state index contributed by atoms with van der Waals surface area (Å²) in [6, 6.07) is 0. The van der Waals surface area contributed by atoms with Crippen LogP contribution in [0.5, 0.6) is 0 Å². The van der Waals surface area contributed by atoms with Gasteiger partial charge in [0.1, 0.15) is 10.9 Å². The van der Waals surface area contributed by atoms with Crippen LogP contribution in [0.3, 0.4) is 0 Å². The van der Waals surface area contributed by atoms with E-state index in [0.717, 1.165) is 12.8 Å². The van der Waals surface area contributed by atoms with Gasteiger partial charge in [-0.05, 0) is 22.7 Å². The summed E-state index contributed by atoms with van der Waals surface area (Å²) in [6.07, 6.45) is 1.50. The minimum Gasteiger partial charge on any atom is -0.382 e. The van der Waals surface area contributed by atoms with Gasteiger partial charge >= 0.3 is 0 Å². The smallest absolute Gasteiger partial charge is 0.110 e. The van der Waals surface area contributed by atoms with Crippen molar-refractivity contribution in [3.8, 4) is 0 Å². The molecule has 0 aromatic heterocycles. The Hall–Kier alpha value is 0.970. The number of hydrogen-bond donors (Lipinski definition) is 2. The van der Waals surface area contributed by atoms with Gasteiger partial charge < -0.3 is 10.2 Å². The quantitative estimate of drug-likeness (QED) is 0.525. The van der Waals surface area contributed by atoms with Crippen molar-refractivity contribution in [1.29, 1.82) is 0 Å². The third kappa shape index (κ3) is 7.33. The summed E-state index contributed by atoms with van der Waals surface area (Å²) >= 11 is 0. The maximum Gasteiger partial charge on any atom is 0.110 e. The van der Waals surface area contributed by atoms with Gasteiger partial charge in [0.25, 0.3) is 0 Å². The van der Waals surface area contributed by atoms with E-state index >= 15 is 0 Å². The first kappa shape index (κ1) is 12.0. The van der Waals surface area contributed by atoms with E-state index in [4.69, 9.17) is 10.2 Å². The Morgan fingerprint density at radius 3 is 1.64 bits per heavy atom. The molecule has 0 aromatic carbocycles. The standard InChI is InChI=1S/C6H14O2S3/c1-3-5(7)9-11-10-6(8)4-2/h5-8H,3-4H2,1-2H3. The van der Waals surface area contributed by atoms with E-state index in [0.29, 0.717) is 0 Å². The molecule has 5 heteroatoms. The van der Waals surface area contributed by atoms with Crippen LogP contribution >= 0.6 is 31.4 Å². The summed E-state index contributed by atoms with van der Waals surface area (Å²) in [6.45, 7) is 3.86. The minimum absolute atomic E-state index is 0.309. The highest BCUT2D eigenvalue weighted by molar-refractivity contribution is 9.09. The maximum absolute atomic E-state index is 9.09. The molecule has 0 aliphatic heterocycles. The van der Waals surface area contributed by atoms with Crippen molar-refractivity contribution in [1.82, 2.24) is 0 Å². The fourth-order valence-corrected chi connectivity index (χ4v) is 4.29. The van der Waals surface area contributed by atoms with Crippen LogP contribution in [-0.4, -0.2) is 21.1 Å². The topological polar surface area (TPSA) is 40.5 Å². The second-order valence-corrected chi connectivity index (χ2v) is 6.38. The number of rotatable bonds is 6. The summed E-state index contributed by atoms with van der Waals surface area (Å²) < 4.78 is 0. The molecule has 2 N–H and O–H groups in total. The lowest BCUT2D eigenvalue weighted by Gasteiger charge is -2.07. The van der Waals surface area contributed by atoms with Crippen molar-refractivity contribution < 1.29 is 10.2 Å². The van der Waals surface area contributed by atoms with Crippen LogP contribution in [0.4, 0.5) is 0 Å². The van der Waals surface area contributed by atoms with Gasteiger partial charge in [0.15, 0.2) is 0 Å². The van der Waals surface area contributed by atoms with E-state index in [2.05, 4.69) is 0 Å². The molecule has 0 rings (SSSR count). The average Bonchev–Trinajstić information content (AvgIpc) is 2.04. The molecule has 0 bridgehead atoms. The van der Waals surface area contributed by atoms with E-state index in [9.17, 15) is 0 Å². The highest BCUT2D eigenvalue weighted by Gasteiger charge is 2.05. The second-order valence-electron chi connectivity index (χ2n) is 1.99. The Morgan fingerprint density at radius 2 is 1.36 bits per heavy atom. The van der Waals surface area contributed by atoms with Gasteiger partial charge in [0, 0.05) is 0 Å².